The molecule has 25 heavy (non-hydrogen) atoms. The zero-order chi connectivity index (χ0) is 17.8. The molecule has 2 N–H and O–H groups in total. The smallest absolute Gasteiger partial charge is 0.337 e. The topological polar surface area (TPSA) is 88.5 Å². The summed E-state index contributed by atoms with van der Waals surface area (Å²) in [6.07, 6.45) is 1.37. The Morgan fingerprint density at radius 1 is 1.32 bits per heavy atom. The van der Waals surface area contributed by atoms with Crippen molar-refractivity contribution >= 4 is 5.97 Å². The summed E-state index contributed by atoms with van der Waals surface area (Å²) in [5, 5.41) is 20.7. The quantitative estimate of drug-likeness (QED) is 0.770. The van der Waals surface area contributed by atoms with E-state index in [1.807, 2.05) is 0 Å². The molecule has 0 aromatic heterocycles. The number of carbonyl (C=O) groups excluding carboxylic acids is 1. The monoisotopic (exact) mass is 349 g/mol. The first-order chi connectivity index (χ1) is 12.1. The fourth-order valence-electron chi connectivity index (χ4n) is 3.10. The molecule has 0 radical (unpaired) electrons. The molecule has 0 amide bonds. The second-order valence-corrected chi connectivity index (χ2v) is 6.23. The van der Waals surface area contributed by atoms with Crippen LogP contribution in [-0.4, -0.2) is 60.4 Å². The van der Waals surface area contributed by atoms with Gasteiger partial charge in [0.15, 0.2) is 6.23 Å². The molecular formula is C18H23NO6. The third kappa shape index (κ3) is 4.19. The van der Waals surface area contributed by atoms with Gasteiger partial charge in [0.1, 0.15) is 17.7 Å². The molecule has 2 atom stereocenters. The predicted octanol–water partition coefficient (Wildman–Crippen LogP) is 1.11. The molecule has 1 saturated heterocycles. The number of carbonyl (C=O) groups is 1. The van der Waals surface area contributed by atoms with Gasteiger partial charge in [-0.2, -0.15) is 0 Å². The summed E-state index contributed by atoms with van der Waals surface area (Å²) in [5.41, 5.74) is 0.354. The summed E-state index contributed by atoms with van der Waals surface area (Å²) in [4.78, 5) is 13.2. The van der Waals surface area contributed by atoms with Crippen molar-refractivity contribution in [1.29, 1.82) is 0 Å². The predicted molar refractivity (Wildman–Crippen MR) is 88.8 cm³/mol. The molecule has 2 heterocycles. The zero-order valence-corrected chi connectivity index (χ0v) is 14.1. The molecule has 0 saturated carbocycles. The van der Waals surface area contributed by atoms with Crippen LogP contribution in [-0.2, 0) is 9.47 Å². The minimum atomic E-state index is -1.03. The highest BCUT2D eigenvalue weighted by Gasteiger charge is 2.35. The highest BCUT2D eigenvalue weighted by atomic mass is 16.5. The Morgan fingerprint density at radius 2 is 2.08 bits per heavy atom. The second kappa shape index (κ2) is 7.97. The third-order valence-electron chi connectivity index (χ3n) is 4.52. The van der Waals surface area contributed by atoms with E-state index in [2.05, 4.69) is 4.74 Å². The van der Waals surface area contributed by atoms with E-state index in [1.54, 1.807) is 23.1 Å². The lowest BCUT2D eigenvalue weighted by Gasteiger charge is -2.31. The molecule has 1 aromatic carbocycles. The van der Waals surface area contributed by atoms with Crippen LogP contribution in [0.15, 0.2) is 36.1 Å². The maximum atomic E-state index is 11.6. The Kier molecular flexibility index (Phi) is 5.70. The number of rotatable bonds is 5. The van der Waals surface area contributed by atoms with Gasteiger partial charge in [-0.1, -0.05) is 6.07 Å². The Morgan fingerprint density at radius 3 is 2.80 bits per heavy atom. The average molecular weight is 349 g/mol. The summed E-state index contributed by atoms with van der Waals surface area (Å²) < 4.78 is 15.7. The first-order valence-electron chi connectivity index (χ1n) is 8.36. The van der Waals surface area contributed by atoms with Crippen molar-refractivity contribution in [2.75, 3.05) is 26.9 Å². The highest BCUT2D eigenvalue weighted by molar-refractivity contribution is 5.89. The van der Waals surface area contributed by atoms with Gasteiger partial charge in [0, 0.05) is 25.8 Å². The lowest BCUT2D eigenvalue weighted by Crippen LogP contribution is -2.42. The summed E-state index contributed by atoms with van der Waals surface area (Å²) >= 11 is 0. The minimum Gasteiger partial charge on any atom is -0.465 e. The SMILES string of the molecule is COC(=O)c1cccc(OC2=CC(O)N(CC3CCOCC3)C2O)c1. The van der Waals surface area contributed by atoms with Crippen molar-refractivity contribution in [3.05, 3.63) is 41.7 Å². The van der Waals surface area contributed by atoms with E-state index in [1.165, 1.54) is 19.3 Å². The van der Waals surface area contributed by atoms with Gasteiger partial charge in [0.05, 0.1) is 12.7 Å². The van der Waals surface area contributed by atoms with Crippen LogP contribution >= 0.6 is 0 Å². The first-order valence-corrected chi connectivity index (χ1v) is 8.36. The third-order valence-corrected chi connectivity index (χ3v) is 4.52. The van der Waals surface area contributed by atoms with Crippen LogP contribution in [0.5, 0.6) is 5.75 Å². The van der Waals surface area contributed by atoms with Gasteiger partial charge < -0.3 is 24.4 Å². The van der Waals surface area contributed by atoms with Crippen molar-refractivity contribution in [2.24, 2.45) is 5.92 Å². The van der Waals surface area contributed by atoms with E-state index < -0.39 is 18.4 Å². The molecule has 2 unspecified atom stereocenters. The molecule has 2 aliphatic rings. The maximum Gasteiger partial charge on any atom is 0.337 e. The van der Waals surface area contributed by atoms with Gasteiger partial charge in [0.2, 0.25) is 0 Å². The van der Waals surface area contributed by atoms with Gasteiger partial charge in [-0.3, -0.25) is 0 Å². The van der Waals surface area contributed by atoms with Crippen LogP contribution in [0.25, 0.3) is 0 Å². The number of hydrogen-bond donors (Lipinski definition) is 2. The van der Waals surface area contributed by atoms with Crippen molar-refractivity contribution in [3.63, 3.8) is 0 Å². The summed E-state index contributed by atoms with van der Waals surface area (Å²) in [6, 6.07) is 6.49. The Balaban J connectivity index is 1.65. The minimum absolute atomic E-state index is 0.251. The van der Waals surface area contributed by atoms with Crippen molar-refractivity contribution < 1.29 is 29.2 Å². The summed E-state index contributed by atoms with van der Waals surface area (Å²) in [7, 11) is 1.31. The van der Waals surface area contributed by atoms with Gasteiger partial charge >= 0.3 is 5.97 Å². The standard InChI is InChI=1S/C18H23NO6/c1-23-18(22)13-3-2-4-14(9-13)25-15-10-16(20)19(17(15)21)11-12-5-7-24-8-6-12/h2-4,9-10,12,16-17,20-21H,5-8,11H2,1H3. The molecular weight excluding hydrogens is 326 g/mol. The Labute approximate surface area is 146 Å². The second-order valence-electron chi connectivity index (χ2n) is 6.23. The Bertz CT molecular complexity index is 640. The fraction of sp³-hybridized carbons (Fsp3) is 0.500. The summed E-state index contributed by atoms with van der Waals surface area (Å²) in [5.74, 6) is 0.552. The molecule has 7 heteroatoms. The molecule has 0 aliphatic carbocycles. The van der Waals surface area contributed by atoms with E-state index >= 15 is 0 Å². The van der Waals surface area contributed by atoms with Crippen LogP contribution in [0.1, 0.15) is 23.2 Å². The average Bonchev–Trinajstić information content (AvgIpc) is 2.89. The molecule has 1 aromatic rings. The number of nitrogens with zero attached hydrogens (tertiary/aromatic N) is 1. The normalized spacial score (nSPS) is 24.8. The molecule has 0 bridgehead atoms. The van der Waals surface area contributed by atoms with Crippen LogP contribution < -0.4 is 4.74 Å². The number of aliphatic hydroxyl groups is 2. The van der Waals surface area contributed by atoms with Crippen LogP contribution in [0.3, 0.4) is 0 Å². The van der Waals surface area contributed by atoms with Gasteiger partial charge in [-0.15, -0.1) is 0 Å². The highest BCUT2D eigenvalue weighted by Crippen LogP contribution is 2.28. The van der Waals surface area contributed by atoms with Gasteiger partial charge in [-0.05, 0) is 37.0 Å². The molecule has 1 fully saturated rings. The van der Waals surface area contributed by atoms with E-state index in [-0.39, 0.29) is 5.76 Å². The van der Waals surface area contributed by atoms with Crippen molar-refractivity contribution in [3.8, 4) is 5.75 Å². The van der Waals surface area contributed by atoms with E-state index in [9.17, 15) is 15.0 Å². The molecule has 2 aliphatic heterocycles. The molecule has 0 spiro atoms. The first kappa shape index (κ1) is 17.9. The van der Waals surface area contributed by atoms with Gasteiger partial charge in [0.25, 0.3) is 0 Å². The largest absolute Gasteiger partial charge is 0.465 e. The lowest BCUT2D eigenvalue weighted by atomic mass is 10.00. The van der Waals surface area contributed by atoms with Crippen molar-refractivity contribution in [2.45, 2.75) is 25.3 Å². The fourth-order valence-corrected chi connectivity index (χ4v) is 3.10. The van der Waals surface area contributed by atoms with Crippen LogP contribution in [0, 0.1) is 5.92 Å². The number of esters is 1. The number of ether oxygens (including phenoxy) is 3. The van der Waals surface area contributed by atoms with Crippen molar-refractivity contribution in [1.82, 2.24) is 4.90 Å². The lowest BCUT2D eigenvalue weighted by molar-refractivity contribution is -0.0691. The van der Waals surface area contributed by atoms with E-state index in [4.69, 9.17) is 9.47 Å². The van der Waals surface area contributed by atoms with Crippen LogP contribution in [0.4, 0.5) is 0 Å². The number of benzene rings is 1. The van der Waals surface area contributed by atoms with E-state index in [0.717, 1.165) is 12.8 Å². The Hall–Kier alpha value is -1.93. The van der Waals surface area contributed by atoms with Gasteiger partial charge in [-0.25, -0.2) is 9.69 Å². The molecule has 7 nitrogen and oxygen atoms in total. The molecule has 136 valence electrons. The van der Waals surface area contributed by atoms with Crippen LogP contribution in [0.2, 0.25) is 0 Å². The summed E-state index contributed by atoms with van der Waals surface area (Å²) in [6.45, 7) is 1.99. The zero-order valence-electron chi connectivity index (χ0n) is 14.1. The maximum absolute atomic E-state index is 11.6. The van der Waals surface area contributed by atoms with E-state index in [0.29, 0.717) is 37.0 Å². The number of hydrogen-bond acceptors (Lipinski definition) is 7. The number of methoxy groups -OCH3 is 1. The number of aliphatic hydroxyl groups excluding tert-OH is 2. The molecule has 3 rings (SSSR count).